The summed E-state index contributed by atoms with van der Waals surface area (Å²) in [4.78, 5) is 26.2. The maximum absolute atomic E-state index is 14.3. The van der Waals surface area contributed by atoms with Crippen LogP contribution in [0.3, 0.4) is 0 Å². The van der Waals surface area contributed by atoms with Gasteiger partial charge in [0, 0.05) is 19.6 Å². The van der Waals surface area contributed by atoms with Crippen LogP contribution in [0.4, 0.5) is 23.0 Å². The van der Waals surface area contributed by atoms with E-state index in [1.54, 1.807) is 0 Å². The largest absolute Gasteiger partial charge is 0.494 e. The van der Waals surface area contributed by atoms with Crippen LogP contribution in [0.25, 0.3) is 0 Å². The van der Waals surface area contributed by atoms with Gasteiger partial charge in [0.2, 0.25) is 5.88 Å². The molecule has 0 bridgehead atoms. The van der Waals surface area contributed by atoms with E-state index in [4.69, 9.17) is 15.2 Å². The lowest BCUT2D eigenvalue weighted by Crippen LogP contribution is -2.30. The third-order valence-electron chi connectivity index (χ3n) is 5.26. The zero-order chi connectivity index (χ0) is 24.7. The van der Waals surface area contributed by atoms with Crippen molar-refractivity contribution in [3.63, 3.8) is 0 Å². The van der Waals surface area contributed by atoms with E-state index in [1.165, 1.54) is 7.11 Å². The van der Waals surface area contributed by atoms with Gasteiger partial charge in [-0.3, -0.25) is 10.1 Å². The first-order chi connectivity index (χ1) is 16.3. The highest BCUT2D eigenvalue weighted by atomic mass is 32.1. The lowest BCUT2D eigenvalue weighted by molar-refractivity contribution is 0.0996. The molecule has 1 fully saturated rings. The van der Waals surface area contributed by atoms with Crippen molar-refractivity contribution in [3.8, 4) is 11.6 Å². The van der Waals surface area contributed by atoms with Crippen LogP contribution in [-0.4, -0.2) is 60.7 Å². The van der Waals surface area contributed by atoms with Gasteiger partial charge in [0.1, 0.15) is 29.2 Å². The van der Waals surface area contributed by atoms with Gasteiger partial charge in [-0.1, -0.05) is 0 Å². The Morgan fingerprint density at radius 1 is 1.32 bits per heavy atom. The minimum atomic E-state index is -0.940. The number of carbonyl (C=O) groups excluding carboxylic acids is 2. The molecule has 0 saturated carbocycles. The quantitative estimate of drug-likeness (QED) is 0.407. The SMILES string of the molecule is COc1ccc(F)c(COc2nsc(NC(=O)NCCCCN3CC[C@H](F)C3)c2C(N)=O)c1F. The predicted octanol–water partition coefficient (Wildman–Crippen LogP) is 3.05. The Labute approximate surface area is 198 Å². The van der Waals surface area contributed by atoms with Crippen molar-refractivity contribution in [1.29, 1.82) is 0 Å². The second-order valence-corrected chi connectivity index (χ2v) is 8.43. The molecule has 186 valence electrons. The fourth-order valence-corrected chi connectivity index (χ4v) is 4.22. The molecule has 1 aliphatic rings. The van der Waals surface area contributed by atoms with Gasteiger partial charge >= 0.3 is 6.03 Å². The molecule has 9 nitrogen and oxygen atoms in total. The summed E-state index contributed by atoms with van der Waals surface area (Å²) < 4.78 is 55.6. The number of primary amides is 1. The Kier molecular flexibility index (Phi) is 8.93. The summed E-state index contributed by atoms with van der Waals surface area (Å²) in [6.07, 6.45) is 1.30. The number of amides is 3. The van der Waals surface area contributed by atoms with Gasteiger partial charge in [-0.05, 0) is 49.5 Å². The third kappa shape index (κ3) is 6.50. The topological polar surface area (TPSA) is 119 Å². The van der Waals surface area contributed by atoms with Crippen molar-refractivity contribution in [2.75, 3.05) is 38.6 Å². The van der Waals surface area contributed by atoms with E-state index in [0.717, 1.165) is 43.2 Å². The van der Waals surface area contributed by atoms with Crippen LogP contribution in [0.2, 0.25) is 0 Å². The van der Waals surface area contributed by atoms with Crippen LogP contribution < -0.4 is 25.8 Å². The van der Waals surface area contributed by atoms with Gasteiger partial charge in [0.25, 0.3) is 5.91 Å². The molecule has 1 aromatic heterocycles. The molecule has 2 aromatic rings. The van der Waals surface area contributed by atoms with Gasteiger partial charge in [-0.15, -0.1) is 0 Å². The first-order valence-electron chi connectivity index (χ1n) is 10.6. The summed E-state index contributed by atoms with van der Waals surface area (Å²) in [6, 6.07) is 1.59. The first kappa shape index (κ1) is 25.6. The third-order valence-corrected chi connectivity index (χ3v) is 6.01. The van der Waals surface area contributed by atoms with E-state index in [2.05, 4.69) is 15.0 Å². The number of unbranched alkanes of at least 4 members (excludes halogenated alkanes) is 1. The second-order valence-electron chi connectivity index (χ2n) is 7.66. The predicted molar refractivity (Wildman–Crippen MR) is 120 cm³/mol. The summed E-state index contributed by atoms with van der Waals surface area (Å²) in [5.74, 6) is -3.15. The van der Waals surface area contributed by atoms with Crippen molar-refractivity contribution in [2.24, 2.45) is 5.73 Å². The fourth-order valence-electron chi connectivity index (χ4n) is 3.48. The number of hydrogen-bond donors (Lipinski definition) is 3. The Morgan fingerprint density at radius 3 is 2.79 bits per heavy atom. The molecule has 0 aliphatic carbocycles. The van der Waals surface area contributed by atoms with Crippen molar-refractivity contribution in [2.45, 2.75) is 32.0 Å². The molecule has 0 radical (unpaired) electrons. The van der Waals surface area contributed by atoms with E-state index < -0.39 is 41.9 Å². The molecule has 3 amide bonds. The van der Waals surface area contributed by atoms with Crippen LogP contribution in [-0.2, 0) is 6.61 Å². The number of likely N-dealkylation sites (tertiary alicyclic amines) is 1. The number of methoxy groups -OCH3 is 1. The van der Waals surface area contributed by atoms with E-state index in [0.29, 0.717) is 25.9 Å². The lowest BCUT2D eigenvalue weighted by atomic mass is 10.2. The Hall–Kier alpha value is -3.06. The van der Waals surface area contributed by atoms with Gasteiger partial charge in [0.15, 0.2) is 11.6 Å². The number of carbonyl (C=O) groups is 2. The van der Waals surface area contributed by atoms with Crippen LogP contribution in [0, 0.1) is 11.6 Å². The lowest BCUT2D eigenvalue weighted by Gasteiger charge is -2.14. The Morgan fingerprint density at radius 2 is 2.12 bits per heavy atom. The molecule has 4 N–H and O–H groups in total. The minimum absolute atomic E-state index is 0.0395. The molecule has 1 atom stereocenters. The average Bonchev–Trinajstić information content (AvgIpc) is 3.39. The van der Waals surface area contributed by atoms with Crippen LogP contribution in [0.15, 0.2) is 12.1 Å². The number of urea groups is 1. The van der Waals surface area contributed by atoms with Crippen molar-refractivity contribution >= 4 is 28.5 Å². The number of anilines is 1. The van der Waals surface area contributed by atoms with Crippen molar-refractivity contribution in [1.82, 2.24) is 14.6 Å². The normalized spacial score (nSPS) is 15.8. The molecule has 0 spiro atoms. The molecule has 1 aliphatic heterocycles. The first-order valence-corrected chi connectivity index (χ1v) is 11.4. The van der Waals surface area contributed by atoms with Gasteiger partial charge < -0.3 is 25.4 Å². The molecular formula is C21H26F3N5O4S. The molecule has 34 heavy (non-hydrogen) atoms. The highest BCUT2D eigenvalue weighted by Crippen LogP contribution is 2.31. The number of halogens is 3. The number of rotatable bonds is 11. The highest BCUT2D eigenvalue weighted by molar-refractivity contribution is 7.11. The summed E-state index contributed by atoms with van der Waals surface area (Å²) >= 11 is 0.743. The monoisotopic (exact) mass is 501 g/mol. The smallest absolute Gasteiger partial charge is 0.319 e. The van der Waals surface area contributed by atoms with Crippen LogP contribution in [0.1, 0.15) is 35.2 Å². The zero-order valence-electron chi connectivity index (χ0n) is 18.5. The number of nitrogens with one attached hydrogen (secondary N) is 2. The maximum atomic E-state index is 14.3. The van der Waals surface area contributed by atoms with Crippen LogP contribution >= 0.6 is 11.5 Å². The van der Waals surface area contributed by atoms with Gasteiger partial charge in [-0.25, -0.2) is 18.0 Å². The van der Waals surface area contributed by atoms with E-state index in [-0.39, 0.29) is 22.2 Å². The number of alkyl halides is 1. The van der Waals surface area contributed by atoms with Crippen LogP contribution in [0.5, 0.6) is 11.6 Å². The molecule has 13 heteroatoms. The summed E-state index contributed by atoms with van der Waals surface area (Å²) in [7, 11) is 1.24. The molecule has 3 rings (SSSR count). The fraction of sp³-hybridized carbons (Fsp3) is 0.476. The zero-order valence-corrected chi connectivity index (χ0v) is 19.4. The Balaban J connectivity index is 1.52. The summed E-state index contributed by atoms with van der Waals surface area (Å²) in [5, 5.41) is 5.18. The number of aromatic nitrogens is 1. The van der Waals surface area contributed by atoms with Crippen molar-refractivity contribution in [3.05, 3.63) is 34.9 Å². The summed E-state index contributed by atoms with van der Waals surface area (Å²) in [6.45, 7) is 1.76. The maximum Gasteiger partial charge on any atom is 0.319 e. The van der Waals surface area contributed by atoms with Gasteiger partial charge in [0.05, 0.1) is 12.7 Å². The second kappa shape index (κ2) is 11.9. The molecule has 0 unspecified atom stereocenters. The number of nitrogens with zero attached hydrogens (tertiary/aromatic N) is 2. The van der Waals surface area contributed by atoms with E-state index in [1.807, 2.05) is 4.90 Å². The van der Waals surface area contributed by atoms with Gasteiger partial charge in [-0.2, -0.15) is 4.37 Å². The number of ether oxygens (including phenoxy) is 2. The highest BCUT2D eigenvalue weighted by Gasteiger charge is 2.24. The molecule has 1 saturated heterocycles. The molecular weight excluding hydrogens is 475 g/mol. The number of nitrogens with two attached hydrogens (primary N) is 1. The summed E-state index contributed by atoms with van der Waals surface area (Å²) in [5.41, 5.74) is 4.77. The minimum Gasteiger partial charge on any atom is -0.494 e. The average molecular weight is 502 g/mol. The number of benzene rings is 1. The number of hydrogen-bond acceptors (Lipinski definition) is 7. The van der Waals surface area contributed by atoms with E-state index in [9.17, 15) is 22.8 Å². The standard InChI is InChI=1S/C21H26F3N5O4S/c1-32-15-5-4-14(23)13(17(15)24)11-33-19-16(18(25)30)20(34-28-19)27-21(31)26-7-2-3-8-29-9-6-12(22)10-29/h4-5,12H,2-3,6-11H2,1H3,(H2,25,30)(H2,26,27,31)/t12-/m0/s1. The van der Waals surface area contributed by atoms with E-state index >= 15 is 0 Å². The van der Waals surface area contributed by atoms with Crippen molar-refractivity contribution < 1.29 is 32.2 Å². The Bertz CT molecular complexity index is 1020. The molecule has 2 heterocycles. The molecule has 1 aromatic carbocycles.